The lowest BCUT2D eigenvalue weighted by Crippen LogP contribution is -2.02. The Kier molecular flexibility index (Phi) is 3.07. The molecule has 0 radical (unpaired) electrons. The van der Waals surface area contributed by atoms with Crippen molar-refractivity contribution >= 4 is 11.5 Å². The Bertz CT molecular complexity index is 632. The zero-order valence-corrected chi connectivity index (χ0v) is 11.1. The van der Waals surface area contributed by atoms with E-state index in [1.54, 1.807) is 4.68 Å². The van der Waals surface area contributed by atoms with Gasteiger partial charge in [0.15, 0.2) is 0 Å². The van der Waals surface area contributed by atoms with Gasteiger partial charge >= 0.3 is 0 Å². The van der Waals surface area contributed by atoms with E-state index < -0.39 is 0 Å². The molecule has 0 saturated carbocycles. The van der Waals surface area contributed by atoms with Crippen molar-refractivity contribution in [2.24, 2.45) is 7.05 Å². The predicted octanol–water partition coefficient (Wildman–Crippen LogP) is 2.96. The van der Waals surface area contributed by atoms with Gasteiger partial charge in [-0.25, -0.2) is 0 Å². The van der Waals surface area contributed by atoms with Crippen LogP contribution in [0.15, 0.2) is 18.2 Å². The van der Waals surface area contributed by atoms with Gasteiger partial charge in [-0.1, -0.05) is 12.1 Å². The minimum Gasteiger partial charge on any atom is -0.339 e. The second-order valence-electron chi connectivity index (χ2n) is 4.49. The topological polar surface area (TPSA) is 53.6 Å². The van der Waals surface area contributed by atoms with Crippen LogP contribution in [-0.2, 0) is 7.05 Å². The standard InChI is InChI=1S/C14H16N4/c1-9-5-6-10(2)13(7-9)16-14-12(8-15)11(3)17-18(14)4/h5-7,16H,1-4H3. The lowest BCUT2D eigenvalue weighted by molar-refractivity contribution is 0.765. The van der Waals surface area contributed by atoms with Crippen LogP contribution in [0.25, 0.3) is 0 Å². The van der Waals surface area contributed by atoms with E-state index in [9.17, 15) is 5.26 Å². The molecule has 0 fully saturated rings. The van der Waals surface area contributed by atoms with Gasteiger partial charge in [-0.3, -0.25) is 4.68 Å². The van der Waals surface area contributed by atoms with Crippen molar-refractivity contribution in [2.75, 3.05) is 5.32 Å². The van der Waals surface area contributed by atoms with Crippen LogP contribution in [0.1, 0.15) is 22.4 Å². The highest BCUT2D eigenvalue weighted by Crippen LogP contribution is 2.25. The zero-order chi connectivity index (χ0) is 13.3. The van der Waals surface area contributed by atoms with Crippen molar-refractivity contribution in [3.05, 3.63) is 40.6 Å². The van der Waals surface area contributed by atoms with E-state index in [0.29, 0.717) is 5.56 Å². The lowest BCUT2D eigenvalue weighted by atomic mass is 10.1. The number of hydrogen-bond donors (Lipinski definition) is 1. The molecule has 92 valence electrons. The number of nitriles is 1. The molecular formula is C14H16N4. The first-order valence-corrected chi connectivity index (χ1v) is 5.81. The molecule has 0 amide bonds. The van der Waals surface area contributed by atoms with Gasteiger partial charge in [-0.05, 0) is 38.0 Å². The van der Waals surface area contributed by atoms with Gasteiger partial charge < -0.3 is 5.32 Å². The fourth-order valence-electron chi connectivity index (χ4n) is 1.93. The number of nitrogens with zero attached hydrogens (tertiary/aromatic N) is 3. The molecule has 4 nitrogen and oxygen atoms in total. The molecule has 0 aliphatic carbocycles. The molecule has 1 aromatic heterocycles. The zero-order valence-electron chi connectivity index (χ0n) is 11.1. The van der Waals surface area contributed by atoms with Crippen LogP contribution in [-0.4, -0.2) is 9.78 Å². The van der Waals surface area contributed by atoms with Crippen molar-refractivity contribution < 1.29 is 0 Å². The van der Waals surface area contributed by atoms with E-state index in [1.165, 1.54) is 5.56 Å². The summed E-state index contributed by atoms with van der Waals surface area (Å²) >= 11 is 0. The Morgan fingerprint density at radius 1 is 1.28 bits per heavy atom. The summed E-state index contributed by atoms with van der Waals surface area (Å²) in [7, 11) is 1.83. The van der Waals surface area contributed by atoms with E-state index in [-0.39, 0.29) is 0 Å². The Morgan fingerprint density at radius 3 is 2.67 bits per heavy atom. The van der Waals surface area contributed by atoms with Crippen molar-refractivity contribution in [3.8, 4) is 6.07 Å². The second-order valence-corrected chi connectivity index (χ2v) is 4.49. The molecule has 1 heterocycles. The van der Waals surface area contributed by atoms with E-state index >= 15 is 0 Å². The average Bonchev–Trinajstić information content (AvgIpc) is 2.58. The van der Waals surface area contributed by atoms with Gasteiger partial charge in [0, 0.05) is 12.7 Å². The average molecular weight is 240 g/mol. The van der Waals surface area contributed by atoms with Crippen LogP contribution >= 0.6 is 0 Å². The molecule has 0 unspecified atom stereocenters. The molecule has 0 aliphatic heterocycles. The van der Waals surface area contributed by atoms with Crippen molar-refractivity contribution in [1.29, 1.82) is 5.26 Å². The predicted molar refractivity (Wildman–Crippen MR) is 71.9 cm³/mol. The molecule has 18 heavy (non-hydrogen) atoms. The molecule has 4 heteroatoms. The molecule has 0 bridgehead atoms. The van der Waals surface area contributed by atoms with Gasteiger partial charge in [-0.2, -0.15) is 10.4 Å². The molecule has 0 spiro atoms. The normalized spacial score (nSPS) is 10.2. The van der Waals surface area contributed by atoms with Crippen LogP contribution in [0.3, 0.4) is 0 Å². The Labute approximate surface area is 107 Å². The third-order valence-electron chi connectivity index (χ3n) is 2.98. The highest BCUT2D eigenvalue weighted by molar-refractivity contribution is 5.67. The summed E-state index contributed by atoms with van der Waals surface area (Å²) in [6.45, 7) is 5.92. The SMILES string of the molecule is Cc1ccc(C)c(Nc2c(C#N)c(C)nn2C)c1. The Hall–Kier alpha value is -2.28. The summed E-state index contributed by atoms with van der Waals surface area (Å²) in [6.07, 6.45) is 0. The van der Waals surface area contributed by atoms with Crippen LogP contribution in [0.5, 0.6) is 0 Å². The van der Waals surface area contributed by atoms with Gasteiger partial charge in [0.25, 0.3) is 0 Å². The Balaban J connectivity index is 2.46. The summed E-state index contributed by atoms with van der Waals surface area (Å²) in [5, 5.41) is 16.7. The highest BCUT2D eigenvalue weighted by atomic mass is 15.3. The molecule has 0 saturated heterocycles. The van der Waals surface area contributed by atoms with E-state index in [1.807, 2.05) is 27.8 Å². The number of hydrogen-bond acceptors (Lipinski definition) is 3. The van der Waals surface area contributed by atoms with E-state index in [4.69, 9.17) is 0 Å². The van der Waals surface area contributed by atoms with E-state index in [2.05, 4.69) is 34.7 Å². The largest absolute Gasteiger partial charge is 0.339 e. The minimum atomic E-state index is 0.596. The van der Waals surface area contributed by atoms with Crippen LogP contribution in [0.4, 0.5) is 11.5 Å². The first-order chi connectivity index (χ1) is 8.52. The van der Waals surface area contributed by atoms with Crippen molar-refractivity contribution in [2.45, 2.75) is 20.8 Å². The quantitative estimate of drug-likeness (QED) is 0.878. The van der Waals surface area contributed by atoms with Crippen LogP contribution in [0, 0.1) is 32.1 Å². The van der Waals surface area contributed by atoms with Crippen LogP contribution < -0.4 is 5.32 Å². The third kappa shape index (κ3) is 2.07. The molecule has 1 N–H and O–H groups in total. The smallest absolute Gasteiger partial charge is 0.146 e. The summed E-state index contributed by atoms with van der Waals surface area (Å²) in [6, 6.07) is 8.39. The molecule has 0 aliphatic rings. The maximum Gasteiger partial charge on any atom is 0.146 e. The molecular weight excluding hydrogens is 224 g/mol. The van der Waals surface area contributed by atoms with Gasteiger partial charge in [0.05, 0.1) is 5.69 Å². The van der Waals surface area contributed by atoms with Gasteiger partial charge in [-0.15, -0.1) is 0 Å². The maximum atomic E-state index is 9.17. The number of rotatable bonds is 2. The lowest BCUT2D eigenvalue weighted by Gasteiger charge is -2.11. The molecule has 2 rings (SSSR count). The summed E-state index contributed by atoms with van der Waals surface area (Å²) in [5.41, 5.74) is 4.67. The highest BCUT2D eigenvalue weighted by Gasteiger charge is 2.13. The number of benzene rings is 1. The fourth-order valence-corrected chi connectivity index (χ4v) is 1.93. The van der Waals surface area contributed by atoms with Gasteiger partial charge in [0.1, 0.15) is 17.5 Å². The first-order valence-electron chi connectivity index (χ1n) is 5.81. The monoisotopic (exact) mass is 240 g/mol. The number of nitrogens with one attached hydrogen (secondary N) is 1. The number of aromatic nitrogens is 2. The fraction of sp³-hybridized carbons (Fsp3) is 0.286. The van der Waals surface area contributed by atoms with Crippen molar-refractivity contribution in [1.82, 2.24) is 9.78 Å². The van der Waals surface area contributed by atoms with Gasteiger partial charge in [0.2, 0.25) is 0 Å². The molecule has 0 atom stereocenters. The Morgan fingerprint density at radius 2 is 2.00 bits per heavy atom. The number of aryl methyl sites for hydroxylation is 4. The van der Waals surface area contributed by atoms with Crippen LogP contribution in [0.2, 0.25) is 0 Å². The summed E-state index contributed by atoms with van der Waals surface area (Å²) < 4.78 is 1.70. The minimum absolute atomic E-state index is 0.596. The first kappa shape index (κ1) is 12.2. The van der Waals surface area contributed by atoms with E-state index in [0.717, 1.165) is 22.8 Å². The molecule has 2 aromatic rings. The summed E-state index contributed by atoms with van der Waals surface area (Å²) in [4.78, 5) is 0. The third-order valence-corrected chi connectivity index (χ3v) is 2.98. The second kappa shape index (κ2) is 4.53. The molecule has 1 aromatic carbocycles. The maximum absolute atomic E-state index is 9.17. The summed E-state index contributed by atoms with van der Waals surface area (Å²) in [5.74, 6) is 0.740. The van der Waals surface area contributed by atoms with Crippen molar-refractivity contribution in [3.63, 3.8) is 0 Å². The number of anilines is 2.